The fraction of sp³-hybridized carbons (Fsp3) is 0.353. The van der Waals surface area contributed by atoms with Crippen LogP contribution in [0, 0.1) is 26.6 Å². The van der Waals surface area contributed by atoms with Crippen LogP contribution in [0.15, 0.2) is 22.7 Å². The van der Waals surface area contributed by atoms with Crippen molar-refractivity contribution in [3.63, 3.8) is 0 Å². The first-order valence-electron chi connectivity index (χ1n) is 7.49. The average molecular weight is 334 g/mol. The Kier molecular flexibility index (Phi) is 5.33. The molecule has 6 nitrogen and oxygen atoms in total. The maximum atomic E-state index is 13.3. The molecule has 128 valence electrons. The minimum atomic E-state index is -1.22. The van der Waals surface area contributed by atoms with Crippen LogP contribution in [0.2, 0.25) is 0 Å². The highest BCUT2D eigenvalue weighted by Gasteiger charge is 2.23. The van der Waals surface area contributed by atoms with Crippen molar-refractivity contribution in [2.45, 2.75) is 39.7 Å². The van der Waals surface area contributed by atoms with E-state index in [1.165, 1.54) is 25.1 Å². The van der Waals surface area contributed by atoms with Crippen molar-refractivity contribution in [2.75, 3.05) is 0 Å². The molecule has 0 fully saturated rings. The molecular formula is C17H19FN2O4. The predicted octanol–water partition coefficient (Wildman–Crippen LogP) is 2.61. The average Bonchev–Trinajstić information content (AvgIpc) is 2.84. The highest BCUT2D eigenvalue weighted by molar-refractivity contribution is 5.84. The Hall–Kier alpha value is -2.70. The van der Waals surface area contributed by atoms with Crippen LogP contribution in [0.3, 0.4) is 0 Å². The number of carbonyl (C=O) groups excluding carboxylic acids is 1. The third-order valence-electron chi connectivity index (χ3n) is 3.85. The highest BCUT2D eigenvalue weighted by atomic mass is 19.1. The Balaban J connectivity index is 2.06. The number of nitrogens with zero attached hydrogens (tertiary/aromatic N) is 1. The number of nitrogens with one attached hydrogen (secondary N) is 1. The number of carbonyl (C=O) groups is 2. The Bertz CT molecular complexity index is 750. The fourth-order valence-corrected chi connectivity index (χ4v) is 2.47. The van der Waals surface area contributed by atoms with Gasteiger partial charge in [-0.25, -0.2) is 9.18 Å². The Morgan fingerprint density at radius 2 is 2.04 bits per heavy atom. The SMILES string of the molecule is Cc1cc(C(NC(=O)CCc2c(C)noc2C)C(=O)O)ccc1F. The second-order valence-corrected chi connectivity index (χ2v) is 5.65. The number of halogens is 1. The van der Waals surface area contributed by atoms with Gasteiger partial charge in [-0.3, -0.25) is 4.79 Å². The van der Waals surface area contributed by atoms with Gasteiger partial charge < -0.3 is 14.9 Å². The van der Waals surface area contributed by atoms with E-state index < -0.39 is 23.7 Å². The van der Waals surface area contributed by atoms with Gasteiger partial charge in [-0.05, 0) is 44.4 Å². The first-order valence-corrected chi connectivity index (χ1v) is 7.49. The summed E-state index contributed by atoms with van der Waals surface area (Å²) >= 11 is 0. The van der Waals surface area contributed by atoms with Gasteiger partial charge in [0.05, 0.1) is 5.69 Å². The summed E-state index contributed by atoms with van der Waals surface area (Å²) < 4.78 is 18.4. The fourth-order valence-electron chi connectivity index (χ4n) is 2.47. The van der Waals surface area contributed by atoms with Crippen LogP contribution in [0.1, 0.15) is 40.6 Å². The molecule has 1 amide bonds. The van der Waals surface area contributed by atoms with Crippen molar-refractivity contribution in [1.29, 1.82) is 0 Å². The molecule has 1 aromatic carbocycles. The second-order valence-electron chi connectivity index (χ2n) is 5.65. The molecule has 2 N–H and O–H groups in total. The lowest BCUT2D eigenvalue weighted by molar-refractivity contribution is -0.142. The number of aliphatic carboxylic acids is 1. The van der Waals surface area contributed by atoms with Crippen LogP contribution >= 0.6 is 0 Å². The lowest BCUT2D eigenvalue weighted by atomic mass is 10.0. The molecule has 0 bridgehead atoms. The van der Waals surface area contributed by atoms with Gasteiger partial charge in [0, 0.05) is 12.0 Å². The lowest BCUT2D eigenvalue weighted by Gasteiger charge is -2.15. The van der Waals surface area contributed by atoms with E-state index in [-0.39, 0.29) is 6.42 Å². The molecule has 1 atom stereocenters. The largest absolute Gasteiger partial charge is 0.479 e. The first kappa shape index (κ1) is 17.7. The van der Waals surface area contributed by atoms with Crippen LogP contribution in [-0.2, 0) is 16.0 Å². The molecule has 0 saturated carbocycles. The number of hydrogen-bond donors (Lipinski definition) is 2. The maximum Gasteiger partial charge on any atom is 0.330 e. The van der Waals surface area contributed by atoms with E-state index in [4.69, 9.17) is 4.52 Å². The first-order chi connectivity index (χ1) is 11.3. The van der Waals surface area contributed by atoms with Crippen LogP contribution < -0.4 is 5.32 Å². The zero-order valence-electron chi connectivity index (χ0n) is 13.7. The van der Waals surface area contributed by atoms with Gasteiger partial charge in [-0.15, -0.1) is 0 Å². The molecule has 24 heavy (non-hydrogen) atoms. The topological polar surface area (TPSA) is 92.4 Å². The smallest absolute Gasteiger partial charge is 0.330 e. The zero-order chi connectivity index (χ0) is 17.9. The second kappa shape index (κ2) is 7.25. The summed E-state index contributed by atoms with van der Waals surface area (Å²) in [5.74, 6) is -1.40. The van der Waals surface area contributed by atoms with Crippen molar-refractivity contribution in [3.05, 3.63) is 52.2 Å². The number of benzene rings is 1. The van der Waals surface area contributed by atoms with E-state index in [0.29, 0.717) is 29.0 Å². The predicted molar refractivity (Wildman–Crippen MR) is 84.0 cm³/mol. The molecule has 2 aromatic rings. The Morgan fingerprint density at radius 1 is 1.33 bits per heavy atom. The summed E-state index contributed by atoms with van der Waals surface area (Å²) in [5.41, 5.74) is 2.20. The quantitative estimate of drug-likeness (QED) is 0.847. The van der Waals surface area contributed by atoms with E-state index in [1.54, 1.807) is 13.8 Å². The Morgan fingerprint density at radius 3 is 2.58 bits per heavy atom. The van der Waals surface area contributed by atoms with Crippen LogP contribution in [0.5, 0.6) is 0 Å². The molecule has 0 aliphatic carbocycles. The van der Waals surface area contributed by atoms with Gasteiger partial charge in [0.1, 0.15) is 11.6 Å². The van der Waals surface area contributed by atoms with Crippen molar-refractivity contribution < 1.29 is 23.6 Å². The summed E-state index contributed by atoms with van der Waals surface area (Å²) in [6.07, 6.45) is 0.509. The van der Waals surface area contributed by atoms with Crippen molar-refractivity contribution >= 4 is 11.9 Å². The minimum Gasteiger partial charge on any atom is -0.479 e. The standard InChI is InChI=1S/C17H19FN2O4/c1-9-8-12(4-6-14(9)18)16(17(22)23)19-15(21)7-5-13-10(2)20-24-11(13)3/h4,6,8,16H,5,7H2,1-3H3,(H,19,21)(H,22,23). The summed E-state index contributed by atoms with van der Waals surface area (Å²) in [5, 5.41) is 15.6. The van der Waals surface area contributed by atoms with Crippen molar-refractivity contribution in [2.24, 2.45) is 0 Å². The number of rotatable bonds is 6. The van der Waals surface area contributed by atoms with Gasteiger partial charge in [0.25, 0.3) is 0 Å². The summed E-state index contributed by atoms with van der Waals surface area (Å²) in [4.78, 5) is 23.5. The molecule has 0 aliphatic rings. The molecule has 1 heterocycles. The molecule has 0 aliphatic heterocycles. The molecule has 1 unspecified atom stereocenters. The molecular weight excluding hydrogens is 315 g/mol. The monoisotopic (exact) mass is 334 g/mol. The minimum absolute atomic E-state index is 0.104. The van der Waals surface area contributed by atoms with Gasteiger partial charge in [-0.1, -0.05) is 17.3 Å². The normalized spacial score (nSPS) is 12.0. The third-order valence-corrected chi connectivity index (χ3v) is 3.85. The molecule has 0 spiro atoms. The van der Waals surface area contributed by atoms with E-state index in [1.807, 2.05) is 0 Å². The summed E-state index contributed by atoms with van der Waals surface area (Å²) in [7, 11) is 0. The molecule has 0 radical (unpaired) electrons. The molecule has 1 aromatic heterocycles. The van der Waals surface area contributed by atoms with Gasteiger partial charge in [0.15, 0.2) is 6.04 Å². The van der Waals surface area contributed by atoms with Gasteiger partial charge in [0.2, 0.25) is 5.91 Å². The van der Waals surface area contributed by atoms with Crippen molar-refractivity contribution in [3.8, 4) is 0 Å². The van der Waals surface area contributed by atoms with E-state index in [2.05, 4.69) is 10.5 Å². The van der Waals surface area contributed by atoms with Gasteiger partial charge in [-0.2, -0.15) is 0 Å². The molecule has 0 saturated heterocycles. The van der Waals surface area contributed by atoms with Crippen LogP contribution in [-0.4, -0.2) is 22.1 Å². The van der Waals surface area contributed by atoms with Crippen LogP contribution in [0.25, 0.3) is 0 Å². The van der Waals surface area contributed by atoms with E-state index in [9.17, 15) is 19.1 Å². The number of carboxylic acid groups (broad SMARTS) is 1. The number of aromatic nitrogens is 1. The van der Waals surface area contributed by atoms with E-state index >= 15 is 0 Å². The third kappa shape index (κ3) is 3.98. The number of hydrogen-bond acceptors (Lipinski definition) is 4. The number of amides is 1. The maximum absolute atomic E-state index is 13.3. The summed E-state index contributed by atoms with van der Waals surface area (Å²) in [6.45, 7) is 5.08. The molecule has 2 rings (SSSR count). The van der Waals surface area contributed by atoms with Crippen LogP contribution in [0.4, 0.5) is 4.39 Å². The molecule has 7 heteroatoms. The Labute approximate surface area is 138 Å². The van der Waals surface area contributed by atoms with Gasteiger partial charge >= 0.3 is 5.97 Å². The van der Waals surface area contributed by atoms with Crippen molar-refractivity contribution in [1.82, 2.24) is 10.5 Å². The van der Waals surface area contributed by atoms with E-state index in [0.717, 1.165) is 5.56 Å². The zero-order valence-corrected chi connectivity index (χ0v) is 13.7. The highest BCUT2D eigenvalue weighted by Crippen LogP contribution is 2.18. The lowest BCUT2D eigenvalue weighted by Crippen LogP contribution is -2.34. The number of carboxylic acids is 1. The summed E-state index contributed by atoms with van der Waals surface area (Å²) in [6, 6.07) is 2.75. The number of aryl methyl sites for hydroxylation is 3.